The number of amides is 2. The van der Waals surface area contributed by atoms with E-state index in [1.54, 1.807) is 7.11 Å². The van der Waals surface area contributed by atoms with Gasteiger partial charge in [0.25, 0.3) is 0 Å². The number of aromatic nitrogens is 6. The molecule has 0 saturated carbocycles. The second-order valence-electron chi connectivity index (χ2n) is 6.77. The maximum Gasteiger partial charge on any atom is 0.420 e. The van der Waals surface area contributed by atoms with Gasteiger partial charge in [-0.15, -0.1) is 4.80 Å². The number of nitrogens with one attached hydrogen (secondary N) is 2. The van der Waals surface area contributed by atoms with Crippen LogP contribution in [-0.2, 0) is 17.3 Å². The maximum absolute atomic E-state index is 13.6. The molecule has 0 aromatic carbocycles. The Morgan fingerprint density at radius 3 is 2.64 bits per heavy atom. The van der Waals surface area contributed by atoms with E-state index >= 15 is 0 Å². The molecule has 4 rings (SSSR count). The standard InChI is InChI=1S/C19H17F3N8O2S/c1-10-27-15-12(3-6-32-2)14(9-24-17(15)33-10)29-18(31)28-11-7-13(19(20,21)22)16(23-8-11)30-25-4-5-26-30/h4-5,7-9H,3,6H2,1-2H3,(H2,28,29,31). The number of carbonyl (C=O) groups excluding carboxylic acids is 1. The molecule has 0 aliphatic heterocycles. The number of aryl methyl sites for hydroxylation is 1. The van der Waals surface area contributed by atoms with Gasteiger partial charge in [0.15, 0.2) is 5.82 Å². The second-order valence-corrected chi connectivity index (χ2v) is 7.95. The number of hydrogen-bond acceptors (Lipinski definition) is 8. The minimum absolute atomic E-state index is 0.160. The molecule has 0 atom stereocenters. The van der Waals surface area contributed by atoms with Crippen molar-refractivity contribution in [1.82, 2.24) is 29.9 Å². The van der Waals surface area contributed by atoms with E-state index in [9.17, 15) is 18.0 Å². The molecule has 4 aromatic rings. The average molecular weight is 478 g/mol. The molecule has 0 aliphatic rings. The van der Waals surface area contributed by atoms with Crippen LogP contribution in [0.2, 0.25) is 0 Å². The molecule has 33 heavy (non-hydrogen) atoms. The number of nitrogens with zero attached hydrogens (tertiary/aromatic N) is 6. The first-order valence-corrected chi connectivity index (χ1v) is 10.3. The van der Waals surface area contributed by atoms with Crippen LogP contribution in [0.5, 0.6) is 0 Å². The summed E-state index contributed by atoms with van der Waals surface area (Å²) in [5.41, 5.74) is 0.481. The Hall–Kier alpha value is -3.65. The molecule has 14 heteroatoms. The first-order valence-electron chi connectivity index (χ1n) is 9.52. The second kappa shape index (κ2) is 9.07. The average Bonchev–Trinajstić information content (AvgIpc) is 3.41. The highest BCUT2D eigenvalue weighted by Crippen LogP contribution is 2.34. The van der Waals surface area contributed by atoms with Crippen molar-refractivity contribution in [2.75, 3.05) is 24.4 Å². The van der Waals surface area contributed by atoms with E-state index in [0.29, 0.717) is 29.1 Å². The molecule has 0 unspecified atom stereocenters. The van der Waals surface area contributed by atoms with Gasteiger partial charge in [-0.25, -0.2) is 19.7 Å². The van der Waals surface area contributed by atoms with E-state index in [1.165, 1.54) is 29.9 Å². The molecule has 0 saturated heterocycles. The third-order valence-electron chi connectivity index (χ3n) is 4.48. The van der Waals surface area contributed by atoms with Crippen molar-refractivity contribution in [3.8, 4) is 5.82 Å². The number of rotatable bonds is 6. The summed E-state index contributed by atoms with van der Waals surface area (Å²) in [6, 6.07) is 0.00386. The van der Waals surface area contributed by atoms with E-state index in [1.807, 2.05) is 6.92 Å². The van der Waals surface area contributed by atoms with Gasteiger partial charge in [0.2, 0.25) is 0 Å². The van der Waals surface area contributed by atoms with Crippen LogP contribution in [0.3, 0.4) is 0 Å². The highest BCUT2D eigenvalue weighted by Gasteiger charge is 2.36. The first kappa shape index (κ1) is 22.5. The highest BCUT2D eigenvalue weighted by molar-refractivity contribution is 7.18. The lowest BCUT2D eigenvalue weighted by atomic mass is 10.1. The van der Waals surface area contributed by atoms with Crippen LogP contribution < -0.4 is 10.6 Å². The van der Waals surface area contributed by atoms with Crippen LogP contribution in [-0.4, -0.2) is 49.7 Å². The monoisotopic (exact) mass is 478 g/mol. The maximum atomic E-state index is 13.6. The summed E-state index contributed by atoms with van der Waals surface area (Å²) in [6.45, 7) is 2.23. The van der Waals surface area contributed by atoms with Gasteiger partial charge >= 0.3 is 12.2 Å². The Kier molecular flexibility index (Phi) is 6.20. The number of alkyl halides is 3. The fourth-order valence-electron chi connectivity index (χ4n) is 3.10. The molecular formula is C19H17F3N8O2S. The van der Waals surface area contributed by atoms with Crippen LogP contribution in [0.25, 0.3) is 16.2 Å². The van der Waals surface area contributed by atoms with Crippen molar-refractivity contribution in [2.24, 2.45) is 0 Å². The van der Waals surface area contributed by atoms with Crippen molar-refractivity contribution in [3.05, 3.63) is 47.0 Å². The fourth-order valence-corrected chi connectivity index (χ4v) is 3.89. The summed E-state index contributed by atoms with van der Waals surface area (Å²) in [5.74, 6) is -0.506. The smallest absolute Gasteiger partial charge is 0.384 e. The van der Waals surface area contributed by atoms with Crippen LogP contribution in [0, 0.1) is 6.92 Å². The molecular weight excluding hydrogens is 461 g/mol. The number of ether oxygens (including phenoxy) is 1. The van der Waals surface area contributed by atoms with Crippen molar-refractivity contribution in [2.45, 2.75) is 19.5 Å². The van der Waals surface area contributed by atoms with Crippen molar-refractivity contribution < 1.29 is 22.7 Å². The van der Waals surface area contributed by atoms with E-state index in [4.69, 9.17) is 4.74 Å². The Balaban J connectivity index is 1.60. The summed E-state index contributed by atoms with van der Waals surface area (Å²) in [6.07, 6.45) is 0.754. The van der Waals surface area contributed by atoms with Gasteiger partial charge in [0.05, 0.1) is 47.8 Å². The van der Waals surface area contributed by atoms with E-state index in [-0.39, 0.29) is 5.69 Å². The summed E-state index contributed by atoms with van der Waals surface area (Å²) >= 11 is 1.42. The quantitative estimate of drug-likeness (QED) is 0.432. The Morgan fingerprint density at radius 2 is 1.94 bits per heavy atom. The molecule has 0 radical (unpaired) electrons. The summed E-state index contributed by atoms with van der Waals surface area (Å²) in [7, 11) is 1.55. The minimum atomic E-state index is -4.74. The predicted octanol–water partition coefficient (Wildman–Crippen LogP) is 3.83. The van der Waals surface area contributed by atoms with Crippen LogP contribution in [0.4, 0.5) is 29.3 Å². The predicted molar refractivity (Wildman–Crippen MR) is 115 cm³/mol. The lowest BCUT2D eigenvalue weighted by Crippen LogP contribution is -2.22. The SMILES string of the molecule is COCCc1c(NC(=O)Nc2cnc(-n3nccn3)c(C(F)(F)F)c2)cnc2sc(C)nc12. The fraction of sp³-hybridized carbons (Fsp3) is 0.263. The Labute approximate surface area is 188 Å². The number of urea groups is 1. The number of methoxy groups -OCH3 is 1. The molecule has 10 nitrogen and oxygen atoms in total. The minimum Gasteiger partial charge on any atom is -0.384 e. The van der Waals surface area contributed by atoms with Crippen LogP contribution >= 0.6 is 11.3 Å². The zero-order valence-corrected chi connectivity index (χ0v) is 18.2. The molecule has 2 amide bonds. The summed E-state index contributed by atoms with van der Waals surface area (Å²) in [5, 5.41) is 13.2. The molecule has 2 N–H and O–H groups in total. The van der Waals surface area contributed by atoms with Gasteiger partial charge in [-0.1, -0.05) is 11.3 Å². The number of anilines is 2. The molecule has 0 spiro atoms. The van der Waals surface area contributed by atoms with Crippen LogP contribution in [0.15, 0.2) is 30.9 Å². The van der Waals surface area contributed by atoms with Gasteiger partial charge < -0.3 is 15.4 Å². The van der Waals surface area contributed by atoms with Crippen molar-refractivity contribution in [3.63, 3.8) is 0 Å². The molecule has 4 aromatic heterocycles. The van der Waals surface area contributed by atoms with Gasteiger partial charge in [-0.2, -0.15) is 23.4 Å². The van der Waals surface area contributed by atoms with Gasteiger partial charge in [-0.05, 0) is 13.0 Å². The summed E-state index contributed by atoms with van der Waals surface area (Å²) < 4.78 is 45.8. The molecule has 0 fully saturated rings. The van der Waals surface area contributed by atoms with Crippen molar-refractivity contribution in [1.29, 1.82) is 0 Å². The molecule has 4 heterocycles. The number of fused-ring (bicyclic) bond motifs is 1. The number of carbonyl (C=O) groups is 1. The number of hydrogen-bond donors (Lipinski definition) is 2. The third kappa shape index (κ3) is 4.90. The van der Waals surface area contributed by atoms with Crippen molar-refractivity contribution >= 4 is 39.1 Å². The van der Waals surface area contributed by atoms with Gasteiger partial charge in [-0.3, -0.25) is 0 Å². The zero-order valence-electron chi connectivity index (χ0n) is 17.3. The van der Waals surface area contributed by atoms with E-state index in [2.05, 4.69) is 35.8 Å². The topological polar surface area (TPSA) is 120 Å². The molecule has 172 valence electrons. The third-order valence-corrected chi connectivity index (χ3v) is 5.36. The summed E-state index contributed by atoms with van der Waals surface area (Å²) in [4.78, 5) is 26.6. The number of pyridine rings is 2. The Morgan fingerprint density at radius 1 is 1.18 bits per heavy atom. The lowest BCUT2D eigenvalue weighted by Gasteiger charge is -2.14. The van der Waals surface area contributed by atoms with E-state index < -0.39 is 23.6 Å². The lowest BCUT2D eigenvalue weighted by molar-refractivity contribution is -0.137. The molecule has 0 bridgehead atoms. The molecule has 0 aliphatic carbocycles. The largest absolute Gasteiger partial charge is 0.420 e. The highest BCUT2D eigenvalue weighted by atomic mass is 32.1. The van der Waals surface area contributed by atoms with Crippen LogP contribution in [0.1, 0.15) is 16.1 Å². The van der Waals surface area contributed by atoms with Gasteiger partial charge in [0.1, 0.15) is 15.9 Å². The van der Waals surface area contributed by atoms with E-state index in [0.717, 1.165) is 27.6 Å². The zero-order chi connectivity index (χ0) is 23.6. The first-order chi connectivity index (χ1) is 15.8. The number of halogens is 3. The Bertz CT molecular complexity index is 1290. The van der Waals surface area contributed by atoms with Gasteiger partial charge in [0, 0.05) is 19.1 Å². The number of thiazole rings is 1. The normalized spacial score (nSPS) is 11.7.